The Morgan fingerprint density at radius 3 is 2.43 bits per heavy atom. The Morgan fingerprint density at radius 2 is 2.43 bits per heavy atom. The normalized spacial score (nSPS) is 18.7. The van der Waals surface area contributed by atoms with Gasteiger partial charge in [0.2, 0.25) is 0 Å². The molecule has 0 spiro atoms. The quantitative estimate of drug-likeness (QED) is 0.517. The van der Waals surface area contributed by atoms with Crippen LogP contribution in [0.5, 0.6) is 0 Å². The highest BCUT2D eigenvalue weighted by molar-refractivity contribution is 9.09. The molecule has 2 nitrogen and oxygen atoms in total. The number of rotatable bonds is 2. The average molecular weight is 187 g/mol. The van der Waals surface area contributed by atoms with Crippen LogP contribution in [-0.4, -0.2) is 19.3 Å². The van der Waals surface area contributed by atoms with Crippen LogP contribution >= 0.6 is 15.9 Å². The van der Waals surface area contributed by atoms with Crippen molar-refractivity contribution >= 4 is 27.0 Å². The highest BCUT2D eigenvalue weighted by Crippen LogP contribution is 1.96. The zero-order valence-corrected chi connectivity index (χ0v) is 6.33. The fourth-order valence-electron chi connectivity index (χ4n) is 0.196. The fourth-order valence-corrected chi connectivity index (χ4v) is 1.27. The van der Waals surface area contributed by atoms with Crippen molar-refractivity contribution in [1.82, 2.24) is 0 Å². The molecule has 2 unspecified atom stereocenters. The van der Waals surface area contributed by atoms with Crippen molar-refractivity contribution in [3.8, 4) is 0 Å². The standard InChI is InChI=1S/C3H7BrO2S/c1-3(4)2-7(5)6/h3H,2H2,1H3,(H,5,6). The predicted octanol–water partition coefficient (Wildman–Crippen LogP) is 0.992. The molecule has 7 heavy (non-hydrogen) atoms. The van der Waals surface area contributed by atoms with E-state index in [4.69, 9.17) is 4.55 Å². The molecule has 0 saturated heterocycles. The summed E-state index contributed by atoms with van der Waals surface area (Å²) in [6, 6.07) is 0. The lowest BCUT2D eigenvalue weighted by atomic mass is 10.6. The van der Waals surface area contributed by atoms with Gasteiger partial charge in [-0.1, -0.05) is 22.9 Å². The van der Waals surface area contributed by atoms with Crippen LogP contribution in [0.15, 0.2) is 0 Å². The minimum Gasteiger partial charge on any atom is -0.306 e. The molecule has 0 radical (unpaired) electrons. The maximum Gasteiger partial charge on any atom is 0.153 e. The molecule has 0 aromatic heterocycles. The van der Waals surface area contributed by atoms with Gasteiger partial charge in [-0.15, -0.1) is 0 Å². The van der Waals surface area contributed by atoms with E-state index in [2.05, 4.69) is 15.9 Å². The molecule has 0 saturated carbocycles. The summed E-state index contributed by atoms with van der Waals surface area (Å²) in [4.78, 5) is 0.137. The molecule has 1 N–H and O–H groups in total. The van der Waals surface area contributed by atoms with Crippen molar-refractivity contribution in [1.29, 1.82) is 0 Å². The van der Waals surface area contributed by atoms with Crippen LogP contribution in [-0.2, 0) is 11.1 Å². The maximum absolute atomic E-state index is 9.89. The fraction of sp³-hybridized carbons (Fsp3) is 1.00. The molecule has 0 aliphatic heterocycles. The van der Waals surface area contributed by atoms with Crippen LogP contribution in [0.25, 0.3) is 0 Å². The van der Waals surface area contributed by atoms with Gasteiger partial charge < -0.3 is 4.55 Å². The number of hydrogen-bond donors (Lipinski definition) is 1. The zero-order valence-electron chi connectivity index (χ0n) is 3.93. The van der Waals surface area contributed by atoms with Crippen LogP contribution in [0.1, 0.15) is 6.92 Å². The van der Waals surface area contributed by atoms with Crippen molar-refractivity contribution in [2.75, 3.05) is 5.75 Å². The third-order valence-corrected chi connectivity index (χ3v) is 1.91. The zero-order chi connectivity index (χ0) is 5.86. The van der Waals surface area contributed by atoms with Gasteiger partial charge in [0.1, 0.15) is 0 Å². The summed E-state index contributed by atoms with van der Waals surface area (Å²) in [5, 5.41) is 0. The molecule has 0 bridgehead atoms. The van der Waals surface area contributed by atoms with Crippen molar-refractivity contribution in [2.45, 2.75) is 11.8 Å². The van der Waals surface area contributed by atoms with E-state index in [0.717, 1.165) is 0 Å². The molecule has 0 aliphatic rings. The first kappa shape index (κ1) is 7.59. The molecule has 44 valence electrons. The van der Waals surface area contributed by atoms with E-state index in [1.807, 2.05) is 6.92 Å². The molecule has 4 heteroatoms. The Balaban J connectivity index is 3.13. The molecule has 0 rings (SSSR count). The summed E-state index contributed by atoms with van der Waals surface area (Å²) in [6.07, 6.45) is 0. The monoisotopic (exact) mass is 186 g/mol. The van der Waals surface area contributed by atoms with Gasteiger partial charge in [-0.25, -0.2) is 4.21 Å². The largest absolute Gasteiger partial charge is 0.306 e. The van der Waals surface area contributed by atoms with Crippen LogP contribution < -0.4 is 0 Å². The topological polar surface area (TPSA) is 37.3 Å². The molecular formula is C3H7BrO2S. The van der Waals surface area contributed by atoms with Crippen LogP contribution in [0.3, 0.4) is 0 Å². The minimum absolute atomic E-state index is 0.137. The number of alkyl halides is 1. The van der Waals surface area contributed by atoms with Crippen molar-refractivity contribution in [3.63, 3.8) is 0 Å². The Kier molecular flexibility index (Phi) is 3.88. The van der Waals surface area contributed by atoms with E-state index in [1.54, 1.807) is 0 Å². The Morgan fingerprint density at radius 1 is 2.00 bits per heavy atom. The molecule has 0 aromatic rings. The first-order valence-electron chi connectivity index (χ1n) is 1.84. The molecule has 2 atom stereocenters. The van der Waals surface area contributed by atoms with Gasteiger partial charge in [0.25, 0.3) is 0 Å². The van der Waals surface area contributed by atoms with Crippen molar-refractivity contribution in [3.05, 3.63) is 0 Å². The van der Waals surface area contributed by atoms with Crippen LogP contribution in [0.4, 0.5) is 0 Å². The molecule has 0 heterocycles. The molecule has 0 aromatic carbocycles. The highest BCUT2D eigenvalue weighted by Gasteiger charge is 1.97. The van der Waals surface area contributed by atoms with E-state index < -0.39 is 11.1 Å². The average Bonchev–Trinajstić information content (AvgIpc) is 1.27. The van der Waals surface area contributed by atoms with E-state index in [-0.39, 0.29) is 4.83 Å². The Labute approximate surface area is 53.7 Å². The lowest BCUT2D eigenvalue weighted by molar-refractivity contribution is 0.564. The van der Waals surface area contributed by atoms with Gasteiger partial charge in [-0.05, 0) is 0 Å². The molecule has 0 amide bonds. The van der Waals surface area contributed by atoms with Crippen molar-refractivity contribution < 1.29 is 8.76 Å². The summed E-state index contributed by atoms with van der Waals surface area (Å²) in [7, 11) is 0. The summed E-state index contributed by atoms with van der Waals surface area (Å²) >= 11 is 1.48. The lowest BCUT2D eigenvalue weighted by Crippen LogP contribution is -2.03. The van der Waals surface area contributed by atoms with Gasteiger partial charge in [0, 0.05) is 4.83 Å². The third kappa shape index (κ3) is 6.59. The van der Waals surface area contributed by atoms with E-state index in [9.17, 15) is 4.21 Å². The van der Waals surface area contributed by atoms with Gasteiger partial charge in [-0.3, -0.25) is 0 Å². The second kappa shape index (κ2) is 3.57. The first-order valence-corrected chi connectivity index (χ1v) is 4.03. The van der Waals surface area contributed by atoms with Crippen molar-refractivity contribution in [2.24, 2.45) is 0 Å². The molecular weight excluding hydrogens is 180 g/mol. The van der Waals surface area contributed by atoms with Gasteiger partial charge in [0.15, 0.2) is 11.1 Å². The SMILES string of the molecule is CC(Br)CS(=O)O. The minimum atomic E-state index is -1.64. The van der Waals surface area contributed by atoms with Gasteiger partial charge >= 0.3 is 0 Å². The van der Waals surface area contributed by atoms with E-state index in [0.29, 0.717) is 5.75 Å². The first-order chi connectivity index (χ1) is 3.13. The molecule has 0 fully saturated rings. The summed E-state index contributed by atoms with van der Waals surface area (Å²) in [5.41, 5.74) is 0. The Hall–Kier alpha value is 0.590. The van der Waals surface area contributed by atoms with Crippen LogP contribution in [0, 0.1) is 0 Å². The van der Waals surface area contributed by atoms with Gasteiger partial charge in [-0.2, -0.15) is 0 Å². The number of hydrogen-bond acceptors (Lipinski definition) is 1. The smallest absolute Gasteiger partial charge is 0.153 e. The highest BCUT2D eigenvalue weighted by atomic mass is 79.9. The third-order valence-electron chi connectivity index (χ3n) is 0.372. The van der Waals surface area contributed by atoms with E-state index >= 15 is 0 Å². The summed E-state index contributed by atoms with van der Waals surface area (Å²) < 4.78 is 18.1. The van der Waals surface area contributed by atoms with Crippen LogP contribution in [0.2, 0.25) is 0 Å². The maximum atomic E-state index is 9.89. The van der Waals surface area contributed by atoms with E-state index in [1.165, 1.54) is 0 Å². The van der Waals surface area contributed by atoms with Gasteiger partial charge in [0.05, 0.1) is 5.75 Å². The second-order valence-electron chi connectivity index (χ2n) is 1.27. The Bertz CT molecular complexity index is 73.3. The molecule has 0 aliphatic carbocycles. The second-order valence-corrected chi connectivity index (χ2v) is 3.81. The summed E-state index contributed by atoms with van der Waals surface area (Å²) in [6.45, 7) is 1.83. The predicted molar refractivity (Wildman–Crippen MR) is 34.0 cm³/mol. The number of halogens is 1. The lowest BCUT2D eigenvalue weighted by Gasteiger charge is -1.93. The summed E-state index contributed by atoms with van der Waals surface area (Å²) in [5.74, 6) is 0.306.